The summed E-state index contributed by atoms with van der Waals surface area (Å²) < 4.78 is 0. The predicted octanol–water partition coefficient (Wildman–Crippen LogP) is 3.10. The summed E-state index contributed by atoms with van der Waals surface area (Å²) in [7, 11) is 0. The van der Waals surface area contributed by atoms with Gasteiger partial charge in [0, 0.05) is 5.71 Å². The van der Waals surface area contributed by atoms with Gasteiger partial charge in [0.1, 0.15) is 0 Å². The van der Waals surface area contributed by atoms with Crippen molar-refractivity contribution in [3.63, 3.8) is 0 Å². The van der Waals surface area contributed by atoms with Crippen LogP contribution in [0.5, 0.6) is 0 Å². The van der Waals surface area contributed by atoms with Crippen molar-refractivity contribution in [2.24, 2.45) is 0 Å². The predicted molar refractivity (Wildman–Crippen MR) is 41.8 cm³/mol. The molecule has 0 saturated heterocycles. The molecule has 8 heavy (non-hydrogen) atoms. The van der Waals surface area contributed by atoms with Crippen LogP contribution in [0.2, 0.25) is 0 Å². The Morgan fingerprint density at radius 3 is 0.875 bits per heavy atom. The maximum Gasteiger partial charge on any atom is 0.00272 e. The van der Waals surface area contributed by atoms with Crippen LogP contribution in [0, 0.1) is 5.41 Å². The van der Waals surface area contributed by atoms with E-state index in [1.54, 1.807) is 13.8 Å². The summed E-state index contributed by atoms with van der Waals surface area (Å²) in [6.45, 7) is 11.5. The van der Waals surface area contributed by atoms with E-state index in [0.29, 0.717) is 5.71 Å². The third-order valence-electron chi connectivity index (χ3n) is 0. The van der Waals surface area contributed by atoms with Crippen molar-refractivity contribution in [3.8, 4) is 0 Å². The lowest BCUT2D eigenvalue weighted by Gasteiger charge is -1.63. The highest BCUT2D eigenvalue weighted by molar-refractivity contribution is 5.75. The maximum atomic E-state index is 6.50. The van der Waals surface area contributed by atoms with Gasteiger partial charge < -0.3 is 5.41 Å². The zero-order valence-electron chi connectivity index (χ0n) is 7.00. The van der Waals surface area contributed by atoms with Gasteiger partial charge in [-0.05, 0) is 13.8 Å². The molecule has 1 N–H and O–H groups in total. The summed E-state index contributed by atoms with van der Waals surface area (Å²) in [4.78, 5) is 0. The first-order valence-electron chi connectivity index (χ1n) is 3.25. The number of rotatable bonds is 0. The van der Waals surface area contributed by atoms with Gasteiger partial charge in [-0.2, -0.15) is 0 Å². The first-order chi connectivity index (χ1) is 3.73. The van der Waals surface area contributed by atoms with Gasteiger partial charge in [0.15, 0.2) is 0 Å². The molecular formula is C7H19N. The Bertz CT molecular complexity index is 27.4. The van der Waals surface area contributed by atoms with E-state index < -0.39 is 0 Å². The minimum atomic E-state index is 0.667. The van der Waals surface area contributed by atoms with E-state index in [1.165, 1.54) is 0 Å². The summed E-state index contributed by atoms with van der Waals surface area (Å²) in [5.74, 6) is 0. The number of hydrogen-bond acceptors (Lipinski definition) is 1. The first-order valence-corrected chi connectivity index (χ1v) is 3.25. The summed E-state index contributed by atoms with van der Waals surface area (Å²) in [6, 6.07) is 0. The number of nitrogens with one attached hydrogen (secondary N) is 1. The molecule has 0 heterocycles. The lowest BCUT2D eigenvalue weighted by Crippen LogP contribution is -1.67. The minimum Gasteiger partial charge on any atom is -0.310 e. The van der Waals surface area contributed by atoms with E-state index in [0.717, 1.165) is 0 Å². The van der Waals surface area contributed by atoms with E-state index in [2.05, 4.69) is 0 Å². The van der Waals surface area contributed by atoms with Crippen molar-refractivity contribution in [2.45, 2.75) is 41.5 Å². The lowest BCUT2D eigenvalue weighted by atomic mass is 10.5. The zero-order valence-corrected chi connectivity index (χ0v) is 7.00. The molecule has 0 saturated carbocycles. The van der Waals surface area contributed by atoms with Crippen LogP contribution < -0.4 is 0 Å². The largest absolute Gasteiger partial charge is 0.310 e. The fourth-order valence-electron chi connectivity index (χ4n) is 0. The highest BCUT2D eigenvalue weighted by Gasteiger charge is 1.55. The molecule has 0 aliphatic carbocycles. The molecule has 0 amide bonds. The molecule has 0 aromatic heterocycles. The standard InChI is InChI=1S/C3H7N.2C2H6/c1-3(2)4;2*1-2/h4H,1-2H3;2*1-2H3. The minimum absolute atomic E-state index is 0.667. The molecular weight excluding hydrogens is 98.1 g/mol. The molecule has 0 aromatic rings. The second-order valence-corrected chi connectivity index (χ2v) is 1.00. The molecule has 0 fully saturated rings. The molecule has 0 spiro atoms. The van der Waals surface area contributed by atoms with Gasteiger partial charge in [-0.1, -0.05) is 27.7 Å². The fraction of sp³-hybridized carbons (Fsp3) is 0.857. The van der Waals surface area contributed by atoms with Crippen molar-refractivity contribution >= 4 is 5.71 Å². The van der Waals surface area contributed by atoms with E-state index >= 15 is 0 Å². The highest BCUT2D eigenvalue weighted by atomic mass is 14.3. The van der Waals surface area contributed by atoms with E-state index in [1.807, 2.05) is 27.7 Å². The SMILES string of the molecule is CC.CC.CC(C)=N. The molecule has 0 unspecified atom stereocenters. The van der Waals surface area contributed by atoms with Crippen LogP contribution >= 0.6 is 0 Å². The van der Waals surface area contributed by atoms with Gasteiger partial charge in [-0.15, -0.1) is 0 Å². The van der Waals surface area contributed by atoms with Gasteiger partial charge >= 0.3 is 0 Å². The van der Waals surface area contributed by atoms with Crippen molar-refractivity contribution in [1.82, 2.24) is 0 Å². The average Bonchev–Trinajstić information content (AvgIpc) is 1.75. The van der Waals surface area contributed by atoms with Crippen molar-refractivity contribution in [2.75, 3.05) is 0 Å². The monoisotopic (exact) mass is 117 g/mol. The van der Waals surface area contributed by atoms with Gasteiger partial charge in [-0.3, -0.25) is 0 Å². The van der Waals surface area contributed by atoms with Crippen LogP contribution in [0.1, 0.15) is 41.5 Å². The molecule has 0 rings (SSSR count). The third-order valence-corrected chi connectivity index (χ3v) is 0. The molecule has 0 atom stereocenters. The summed E-state index contributed by atoms with van der Waals surface area (Å²) in [5.41, 5.74) is 0.667. The molecule has 0 aliphatic rings. The Morgan fingerprint density at radius 2 is 0.875 bits per heavy atom. The van der Waals surface area contributed by atoms with Gasteiger partial charge in [-0.25, -0.2) is 0 Å². The van der Waals surface area contributed by atoms with E-state index in [-0.39, 0.29) is 0 Å². The van der Waals surface area contributed by atoms with Crippen molar-refractivity contribution in [1.29, 1.82) is 5.41 Å². The van der Waals surface area contributed by atoms with Crippen molar-refractivity contribution < 1.29 is 0 Å². The normalized spacial score (nSPS) is 4.75. The zero-order chi connectivity index (χ0) is 7.58. The van der Waals surface area contributed by atoms with E-state index in [4.69, 9.17) is 5.41 Å². The van der Waals surface area contributed by atoms with Gasteiger partial charge in [0.05, 0.1) is 0 Å². The van der Waals surface area contributed by atoms with Crippen LogP contribution in [-0.4, -0.2) is 5.71 Å². The Morgan fingerprint density at radius 1 is 0.875 bits per heavy atom. The molecule has 52 valence electrons. The molecule has 0 aromatic carbocycles. The molecule has 0 aliphatic heterocycles. The van der Waals surface area contributed by atoms with Crippen LogP contribution in [0.15, 0.2) is 0 Å². The Hall–Kier alpha value is -0.330. The third kappa shape index (κ3) is 1140. The Balaban J connectivity index is -0.0000000542. The van der Waals surface area contributed by atoms with Crippen LogP contribution in [0.25, 0.3) is 0 Å². The average molecular weight is 117 g/mol. The first kappa shape index (κ1) is 15.6. The van der Waals surface area contributed by atoms with E-state index in [9.17, 15) is 0 Å². The molecule has 1 heteroatoms. The second kappa shape index (κ2) is 30.1. The molecule has 0 bridgehead atoms. The summed E-state index contributed by atoms with van der Waals surface area (Å²) >= 11 is 0. The van der Waals surface area contributed by atoms with Gasteiger partial charge in [0.2, 0.25) is 0 Å². The maximum absolute atomic E-state index is 6.50. The quantitative estimate of drug-likeness (QED) is 0.471. The second-order valence-electron chi connectivity index (χ2n) is 1.00. The Labute approximate surface area is 53.6 Å². The van der Waals surface area contributed by atoms with Crippen LogP contribution in [-0.2, 0) is 0 Å². The van der Waals surface area contributed by atoms with Crippen LogP contribution in [0.4, 0.5) is 0 Å². The number of hydrogen-bond donors (Lipinski definition) is 1. The molecule has 1 nitrogen and oxygen atoms in total. The fourth-order valence-corrected chi connectivity index (χ4v) is 0. The summed E-state index contributed by atoms with van der Waals surface area (Å²) in [6.07, 6.45) is 0. The lowest BCUT2D eigenvalue weighted by molar-refractivity contribution is 1.45. The van der Waals surface area contributed by atoms with Gasteiger partial charge in [0.25, 0.3) is 0 Å². The summed E-state index contributed by atoms with van der Waals surface area (Å²) in [5, 5.41) is 6.50. The van der Waals surface area contributed by atoms with Crippen molar-refractivity contribution in [3.05, 3.63) is 0 Å². The molecule has 0 radical (unpaired) electrons. The van der Waals surface area contributed by atoms with Crippen LogP contribution in [0.3, 0.4) is 0 Å². The highest BCUT2D eigenvalue weighted by Crippen LogP contribution is 1.52. The topological polar surface area (TPSA) is 23.9 Å². The smallest absolute Gasteiger partial charge is 0.00272 e. The Kier molecular flexibility index (Phi) is 58.8.